The van der Waals surface area contributed by atoms with E-state index in [9.17, 15) is 19.2 Å². The van der Waals surface area contributed by atoms with Crippen LogP contribution in [-0.4, -0.2) is 51.4 Å². The number of carbonyl (C=O) groups is 4. The van der Waals surface area contributed by atoms with Gasteiger partial charge >= 0.3 is 12.1 Å². The lowest BCUT2D eigenvalue weighted by Crippen LogP contribution is -2.70. The minimum Gasteiger partial charge on any atom is -0.448 e. The fourth-order valence-corrected chi connectivity index (χ4v) is 5.64. The topological polar surface area (TPSA) is 102 Å². The first kappa shape index (κ1) is 26.5. The third kappa shape index (κ3) is 6.05. The Labute approximate surface area is 220 Å². The molecule has 0 aromatic heterocycles. The van der Waals surface area contributed by atoms with E-state index < -0.39 is 41.1 Å². The molecule has 0 spiro atoms. The number of ketones is 1. The summed E-state index contributed by atoms with van der Waals surface area (Å²) < 4.78 is 11.3. The van der Waals surface area contributed by atoms with Crippen molar-refractivity contribution in [2.24, 2.45) is 0 Å². The van der Waals surface area contributed by atoms with Crippen molar-refractivity contribution in [3.8, 4) is 0 Å². The molecule has 0 bridgehead atoms. The van der Waals surface area contributed by atoms with Crippen LogP contribution in [0.3, 0.4) is 0 Å². The summed E-state index contributed by atoms with van der Waals surface area (Å²) in [5.74, 6) is -0.916. The van der Waals surface area contributed by atoms with Crippen LogP contribution in [-0.2, 0) is 23.9 Å². The molecular formula is C28H30N2O6S. The normalized spacial score (nSPS) is 19.2. The van der Waals surface area contributed by atoms with Gasteiger partial charge in [0.15, 0.2) is 6.10 Å². The average Bonchev–Trinajstić information content (AvgIpc) is 2.85. The Morgan fingerprint density at radius 1 is 1.03 bits per heavy atom. The first-order valence-electron chi connectivity index (χ1n) is 12.0. The molecule has 37 heavy (non-hydrogen) atoms. The molecule has 0 aliphatic carbocycles. The highest BCUT2D eigenvalue weighted by Crippen LogP contribution is 2.42. The van der Waals surface area contributed by atoms with Crippen molar-refractivity contribution in [1.82, 2.24) is 10.2 Å². The summed E-state index contributed by atoms with van der Waals surface area (Å²) in [5.41, 5.74) is 1.43. The number of benzene rings is 2. The van der Waals surface area contributed by atoms with Gasteiger partial charge in [-0.15, -0.1) is 11.8 Å². The number of alkyl carbamates (subject to hydrolysis) is 1. The number of nitrogens with zero attached hydrogens (tertiary/aromatic N) is 1. The Hall–Kier alpha value is -3.59. The van der Waals surface area contributed by atoms with Gasteiger partial charge < -0.3 is 14.8 Å². The third-order valence-electron chi connectivity index (χ3n) is 5.80. The number of rotatable bonds is 7. The van der Waals surface area contributed by atoms with Gasteiger partial charge in [-0.2, -0.15) is 0 Å². The van der Waals surface area contributed by atoms with E-state index in [1.165, 1.54) is 23.6 Å². The number of β-lactam (4-membered cyclic amide) rings is 1. The van der Waals surface area contributed by atoms with E-state index in [-0.39, 0.29) is 17.9 Å². The van der Waals surface area contributed by atoms with Crippen LogP contribution in [0.15, 0.2) is 71.9 Å². The predicted molar refractivity (Wildman–Crippen MR) is 139 cm³/mol. The number of carbonyl (C=O) groups excluding carboxylic acids is 4. The summed E-state index contributed by atoms with van der Waals surface area (Å²) in [4.78, 5) is 52.5. The summed E-state index contributed by atoms with van der Waals surface area (Å²) in [6.45, 7) is 6.64. The number of esters is 1. The zero-order chi connectivity index (χ0) is 26.7. The Morgan fingerprint density at radius 3 is 2.11 bits per heavy atom. The summed E-state index contributed by atoms with van der Waals surface area (Å²) in [6, 6.07) is 17.8. The number of hydrogen-bond donors (Lipinski definition) is 1. The van der Waals surface area contributed by atoms with E-state index in [2.05, 4.69) is 5.32 Å². The Bertz CT molecular complexity index is 1180. The van der Waals surface area contributed by atoms with Crippen molar-refractivity contribution in [3.63, 3.8) is 0 Å². The molecule has 2 heterocycles. The molecule has 8 nitrogen and oxygen atoms in total. The van der Waals surface area contributed by atoms with Crippen molar-refractivity contribution < 1.29 is 28.7 Å². The molecule has 2 aromatic rings. The highest BCUT2D eigenvalue weighted by Gasteiger charge is 2.55. The summed E-state index contributed by atoms with van der Waals surface area (Å²) in [5, 5.41) is 2.11. The van der Waals surface area contributed by atoms with Crippen molar-refractivity contribution in [3.05, 3.63) is 83.1 Å². The van der Waals surface area contributed by atoms with Gasteiger partial charge in [-0.25, -0.2) is 9.59 Å². The van der Waals surface area contributed by atoms with Crippen molar-refractivity contribution in [2.45, 2.75) is 57.2 Å². The zero-order valence-electron chi connectivity index (χ0n) is 21.2. The molecule has 2 aromatic carbocycles. The number of fused-ring (bicyclic) bond motifs is 1. The molecule has 1 N–H and O–H groups in total. The van der Waals surface area contributed by atoms with Crippen LogP contribution in [0.2, 0.25) is 0 Å². The molecule has 1 fully saturated rings. The van der Waals surface area contributed by atoms with Gasteiger partial charge in [-0.1, -0.05) is 60.7 Å². The second kappa shape index (κ2) is 10.8. The smallest absolute Gasteiger partial charge is 0.408 e. The number of ether oxygens (including phenoxy) is 2. The number of thioether (sulfide) groups is 1. The molecule has 4 rings (SSSR count). The maximum Gasteiger partial charge on any atom is 0.408 e. The van der Waals surface area contributed by atoms with Crippen molar-refractivity contribution in [2.75, 3.05) is 5.75 Å². The number of nitrogens with one attached hydrogen (secondary N) is 1. The summed E-state index contributed by atoms with van der Waals surface area (Å²) in [6.07, 6.45) is -1.39. The van der Waals surface area contributed by atoms with Gasteiger partial charge in [0, 0.05) is 12.2 Å². The molecule has 1 saturated heterocycles. The first-order chi connectivity index (χ1) is 17.5. The molecule has 0 saturated carbocycles. The maximum atomic E-state index is 13.7. The molecule has 2 aliphatic rings. The minimum atomic E-state index is -0.847. The summed E-state index contributed by atoms with van der Waals surface area (Å²) in [7, 11) is 0. The second-order valence-electron chi connectivity index (χ2n) is 9.97. The van der Waals surface area contributed by atoms with Crippen LogP contribution in [0.25, 0.3) is 0 Å². The van der Waals surface area contributed by atoms with E-state index in [0.29, 0.717) is 11.3 Å². The monoisotopic (exact) mass is 522 g/mol. The lowest BCUT2D eigenvalue weighted by atomic mass is 9.99. The van der Waals surface area contributed by atoms with Crippen LogP contribution >= 0.6 is 11.8 Å². The van der Waals surface area contributed by atoms with Crippen LogP contribution in [0, 0.1) is 0 Å². The molecule has 194 valence electrons. The molecule has 2 aliphatic heterocycles. The van der Waals surface area contributed by atoms with Gasteiger partial charge in [0.2, 0.25) is 0 Å². The quantitative estimate of drug-likeness (QED) is 0.426. The van der Waals surface area contributed by atoms with Crippen LogP contribution in [0.5, 0.6) is 0 Å². The maximum absolute atomic E-state index is 13.7. The van der Waals surface area contributed by atoms with E-state index in [1.54, 1.807) is 20.8 Å². The fourth-order valence-electron chi connectivity index (χ4n) is 4.29. The Kier molecular flexibility index (Phi) is 7.73. The van der Waals surface area contributed by atoms with Crippen LogP contribution in [0.4, 0.5) is 4.79 Å². The lowest BCUT2D eigenvalue weighted by Gasteiger charge is -2.49. The van der Waals surface area contributed by atoms with Crippen LogP contribution in [0.1, 0.15) is 51.3 Å². The van der Waals surface area contributed by atoms with E-state index in [1.807, 2.05) is 60.7 Å². The largest absolute Gasteiger partial charge is 0.448 e. The van der Waals surface area contributed by atoms with E-state index in [0.717, 1.165) is 11.1 Å². The summed E-state index contributed by atoms with van der Waals surface area (Å²) >= 11 is 1.38. The highest BCUT2D eigenvalue weighted by atomic mass is 32.2. The van der Waals surface area contributed by atoms with E-state index in [4.69, 9.17) is 9.47 Å². The Morgan fingerprint density at radius 2 is 1.59 bits per heavy atom. The van der Waals surface area contributed by atoms with Crippen LogP contribution < -0.4 is 5.32 Å². The molecule has 2 atom stereocenters. The molecule has 2 amide bonds. The van der Waals surface area contributed by atoms with E-state index >= 15 is 0 Å². The zero-order valence-corrected chi connectivity index (χ0v) is 22.0. The average molecular weight is 523 g/mol. The molecule has 0 radical (unpaired) electrons. The lowest BCUT2D eigenvalue weighted by molar-refractivity contribution is -0.153. The SMILES string of the molecule is CC(=O)CC1=C(C(=O)OC(c2ccccc2)c2ccccc2)N2C(=O)C(NC(=O)OC(C)(C)C)C2SC1. The van der Waals surface area contributed by atoms with Gasteiger partial charge in [-0.3, -0.25) is 14.5 Å². The fraction of sp³-hybridized carbons (Fsp3) is 0.357. The highest BCUT2D eigenvalue weighted by molar-refractivity contribution is 8.00. The van der Waals surface area contributed by atoms with Gasteiger partial charge in [0.25, 0.3) is 5.91 Å². The molecule has 9 heteroatoms. The van der Waals surface area contributed by atoms with Gasteiger partial charge in [0.1, 0.15) is 28.5 Å². The minimum absolute atomic E-state index is 0.0272. The molecule has 2 unspecified atom stereocenters. The van der Waals surface area contributed by atoms with Crippen molar-refractivity contribution in [1.29, 1.82) is 0 Å². The first-order valence-corrected chi connectivity index (χ1v) is 13.1. The van der Waals surface area contributed by atoms with Gasteiger partial charge in [-0.05, 0) is 44.4 Å². The standard InChI is InChI=1S/C28H30N2O6S/c1-17(31)15-20-16-37-25-21(29-27(34)36-28(2,3)4)24(32)30(25)22(20)26(33)35-23(18-11-7-5-8-12-18)19-13-9-6-10-14-19/h5-14,21,23,25H,15-16H2,1-4H3,(H,29,34). The predicted octanol–water partition coefficient (Wildman–Crippen LogP) is 4.36. The number of hydrogen-bond acceptors (Lipinski definition) is 7. The molecular weight excluding hydrogens is 492 g/mol. The third-order valence-corrected chi connectivity index (χ3v) is 7.14. The number of Topliss-reactive ketones (excluding diaryl/α,β-unsaturated/α-hetero) is 1. The second-order valence-corrected chi connectivity index (χ2v) is 11.1. The number of amides is 2. The Balaban J connectivity index is 1.62. The van der Waals surface area contributed by atoms with Crippen molar-refractivity contribution >= 4 is 35.5 Å². The van der Waals surface area contributed by atoms with Gasteiger partial charge in [0.05, 0.1) is 0 Å².